The highest BCUT2D eigenvalue weighted by Crippen LogP contribution is 2.34. The van der Waals surface area contributed by atoms with Gasteiger partial charge in [0.05, 0.1) is 19.3 Å². The number of allylic oxidation sites excluding steroid dienone is 2. The summed E-state index contributed by atoms with van der Waals surface area (Å²) in [5.41, 5.74) is -1.61. The zero-order valence-corrected chi connectivity index (χ0v) is 60.6. The van der Waals surface area contributed by atoms with E-state index >= 15 is 19.2 Å². The number of thiophene rings is 1. The van der Waals surface area contributed by atoms with Crippen LogP contribution < -0.4 is 21.3 Å². The molecule has 11 amide bonds. The third-order valence-electron chi connectivity index (χ3n) is 17.4. The fraction of sp³-hybridized carbons (Fsp3) is 0.746. The molecule has 1 fully saturated rings. The average molecular weight is 1310 g/mol. The Morgan fingerprint density at radius 2 is 1.07 bits per heavy atom. The average Bonchev–Trinajstić information content (AvgIpc) is 0.813. The minimum Gasteiger partial charge on any atom is -0.390 e. The molecule has 0 bridgehead atoms. The Hall–Kier alpha value is -6.47. The van der Waals surface area contributed by atoms with Gasteiger partial charge in [-0.1, -0.05) is 109 Å². The largest absolute Gasteiger partial charge is 0.390 e. The van der Waals surface area contributed by atoms with E-state index in [0.29, 0.717) is 5.56 Å². The predicted octanol–water partition coefficient (Wildman–Crippen LogP) is 4.88. The first-order chi connectivity index (χ1) is 42.7. The lowest BCUT2D eigenvalue weighted by Gasteiger charge is -2.48. The highest BCUT2D eigenvalue weighted by Gasteiger charge is 2.55. The van der Waals surface area contributed by atoms with E-state index in [0.717, 1.165) is 14.7 Å². The summed E-state index contributed by atoms with van der Waals surface area (Å²) in [4.78, 5) is 172. The Balaban J connectivity index is 3.13. The smallest absolute Gasteiger partial charge is 0.276 e. The van der Waals surface area contributed by atoms with Crippen LogP contribution in [0.4, 0.5) is 0 Å². The van der Waals surface area contributed by atoms with Gasteiger partial charge in [0, 0.05) is 55.3 Å². The number of rotatable bonds is 18. The Labute approximate surface area is 553 Å². The predicted molar refractivity (Wildman–Crippen MR) is 356 cm³/mol. The van der Waals surface area contributed by atoms with Gasteiger partial charge < -0.3 is 65.4 Å². The summed E-state index contributed by atoms with van der Waals surface area (Å²) in [6, 6.07) is -9.75. The lowest BCUT2D eigenvalue weighted by atomic mass is 9.89. The molecule has 2 heterocycles. The molecule has 522 valence electrons. The second-order valence-corrected chi connectivity index (χ2v) is 28.4. The molecule has 5 N–H and O–H groups in total. The molecule has 0 radical (unpaired) electrons. The number of carbonyl (C=O) groups is 11. The van der Waals surface area contributed by atoms with Crippen molar-refractivity contribution in [3.05, 3.63) is 34.5 Å². The molecule has 0 unspecified atom stereocenters. The van der Waals surface area contributed by atoms with Crippen LogP contribution in [0.15, 0.2) is 29.0 Å². The first kappa shape index (κ1) is 81.6. The first-order valence-electron chi connectivity index (χ1n) is 32.7. The van der Waals surface area contributed by atoms with E-state index in [1.807, 2.05) is 66.2 Å². The summed E-state index contributed by atoms with van der Waals surface area (Å²) in [5, 5.41) is 27.1. The summed E-state index contributed by atoms with van der Waals surface area (Å²) in [7, 11) is 9.80. The van der Waals surface area contributed by atoms with Crippen molar-refractivity contribution in [2.75, 3.05) is 55.9 Å². The van der Waals surface area contributed by atoms with E-state index in [4.69, 9.17) is 4.74 Å². The molecular formula is C67H115N11O13S. The Bertz CT molecular complexity index is 2690. The van der Waals surface area contributed by atoms with Gasteiger partial charge in [-0.05, 0) is 117 Å². The van der Waals surface area contributed by atoms with E-state index in [2.05, 4.69) is 21.3 Å². The van der Waals surface area contributed by atoms with Crippen molar-refractivity contribution in [2.45, 2.75) is 229 Å². The lowest BCUT2D eigenvalue weighted by molar-refractivity contribution is -0.212. The molecule has 2 rings (SSSR count). The SMILES string of the molecule is C/C=C/C[C@@H](C)[C@@H](O)[C@H]1C(=O)N[C@@H](CC)C(=O)N(C)CC(=O)N(C)[C@@H](CC(C)C)C(=O)N[C@@H](C(C)C)C(=O)N(C)[C@@H](CC(C)C)C(=O)N[C@@H](C)C(=O)N[C@H](C)C(=O)N(C)[C@@H](CC(C)C)C(=O)N(C)[C@@H](CC(C)C)C(=O)N(C)[C@](OCc2ccsc2)(C(C)C)C(=O)N1C. The van der Waals surface area contributed by atoms with Gasteiger partial charge in [-0.25, -0.2) is 0 Å². The van der Waals surface area contributed by atoms with Crippen molar-refractivity contribution in [3.63, 3.8) is 0 Å². The van der Waals surface area contributed by atoms with Gasteiger partial charge in [-0.2, -0.15) is 11.3 Å². The van der Waals surface area contributed by atoms with Gasteiger partial charge in [0.2, 0.25) is 64.8 Å². The molecule has 1 saturated heterocycles. The number of aliphatic hydroxyl groups excluding tert-OH is 1. The Morgan fingerprint density at radius 3 is 1.54 bits per heavy atom. The lowest BCUT2D eigenvalue weighted by Crippen LogP contribution is -2.70. The van der Waals surface area contributed by atoms with Gasteiger partial charge in [0.1, 0.15) is 54.4 Å². The first-order valence-corrected chi connectivity index (χ1v) is 33.6. The second-order valence-electron chi connectivity index (χ2n) is 27.6. The molecule has 12 atom stereocenters. The molecule has 1 aromatic heterocycles. The van der Waals surface area contributed by atoms with Gasteiger partial charge in [-0.3, -0.25) is 52.7 Å². The van der Waals surface area contributed by atoms with E-state index in [1.165, 1.54) is 94.1 Å². The van der Waals surface area contributed by atoms with E-state index in [9.17, 15) is 38.7 Å². The number of nitrogens with zero attached hydrogens (tertiary/aromatic N) is 7. The van der Waals surface area contributed by atoms with Crippen LogP contribution in [0.5, 0.6) is 0 Å². The third-order valence-corrected chi connectivity index (χ3v) is 18.1. The molecule has 0 aliphatic carbocycles. The zero-order valence-electron chi connectivity index (χ0n) is 59.7. The fourth-order valence-corrected chi connectivity index (χ4v) is 12.2. The van der Waals surface area contributed by atoms with Crippen LogP contribution in [0.3, 0.4) is 0 Å². The van der Waals surface area contributed by atoms with E-state index in [1.54, 1.807) is 66.7 Å². The quantitative estimate of drug-likeness (QED) is 0.123. The van der Waals surface area contributed by atoms with Crippen molar-refractivity contribution >= 4 is 76.3 Å². The molecule has 1 aliphatic rings. The Kier molecular flexibility index (Phi) is 32.7. The summed E-state index contributed by atoms with van der Waals surface area (Å²) in [6.07, 6.45) is 2.72. The zero-order chi connectivity index (χ0) is 70.7. The molecule has 25 heteroatoms. The monoisotopic (exact) mass is 1310 g/mol. The molecular weight excluding hydrogens is 1200 g/mol. The molecule has 1 aliphatic heterocycles. The number of amides is 11. The highest BCUT2D eigenvalue weighted by atomic mass is 32.1. The van der Waals surface area contributed by atoms with Crippen molar-refractivity contribution < 1.29 is 62.6 Å². The fourth-order valence-electron chi connectivity index (χ4n) is 11.5. The molecule has 92 heavy (non-hydrogen) atoms. The molecule has 1 aromatic rings. The highest BCUT2D eigenvalue weighted by molar-refractivity contribution is 7.07. The minimum atomic E-state index is -2.27. The number of aliphatic hydroxyl groups is 1. The molecule has 0 aromatic carbocycles. The number of carbonyl (C=O) groups excluding carboxylic acids is 11. The maximum atomic E-state index is 16.1. The summed E-state index contributed by atoms with van der Waals surface area (Å²) < 4.78 is 6.79. The normalized spacial score (nSPS) is 26.6. The van der Waals surface area contributed by atoms with E-state index in [-0.39, 0.29) is 68.8 Å². The maximum absolute atomic E-state index is 16.1. The van der Waals surface area contributed by atoms with Crippen LogP contribution in [0.25, 0.3) is 0 Å². The number of likely N-dealkylation sites (N-methyl/N-ethyl adjacent to an activating group) is 7. The van der Waals surface area contributed by atoms with Crippen LogP contribution >= 0.6 is 11.3 Å². The van der Waals surface area contributed by atoms with E-state index < -0.39 is 155 Å². The summed E-state index contributed by atoms with van der Waals surface area (Å²) in [5.74, 6) is -10.8. The number of hydrogen-bond acceptors (Lipinski definition) is 14. The van der Waals surface area contributed by atoms with Gasteiger partial charge in [0.15, 0.2) is 0 Å². The Morgan fingerprint density at radius 1 is 0.587 bits per heavy atom. The van der Waals surface area contributed by atoms with Crippen molar-refractivity contribution in [1.29, 1.82) is 0 Å². The van der Waals surface area contributed by atoms with Gasteiger partial charge in [0.25, 0.3) is 5.91 Å². The summed E-state index contributed by atoms with van der Waals surface area (Å²) in [6.45, 7) is 28.9. The van der Waals surface area contributed by atoms with Crippen LogP contribution in [-0.4, -0.2) is 226 Å². The van der Waals surface area contributed by atoms with Gasteiger partial charge in [-0.15, -0.1) is 0 Å². The van der Waals surface area contributed by atoms with Crippen LogP contribution in [0.2, 0.25) is 0 Å². The van der Waals surface area contributed by atoms with Crippen LogP contribution in [0, 0.1) is 41.4 Å². The van der Waals surface area contributed by atoms with Crippen LogP contribution in [0.1, 0.15) is 162 Å². The molecule has 0 spiro atoms. The molecule has 0 saturated carbocycles. The summed E-state index contributed by atoms with van der Waals surface area (Å²) >= 11 is 1.38. The molecule has 24 nitrogen and oxygen atoms in total. The standard InChI is InChI=1S/C67H115N11O13S/c1-25-27-28-44(15)56(80)55-60(84)70-48(26-2)62(86)72(18)35-53(79)73(19)49(31-38(3)4)59(83)71-54(42(11)12)65(89)74(20)50(32-39(5)6)58(82)68-45(16)57(81)69-46(17)61(85)75(21)51(33-40(7)8)63(87)76(22)52(34-41(9)10)64(88)78(24)67(43(13)14,66(90)77(55)23)91-36-47-29-30-92-37-47/h25,27,29-30,37-46,48-52,54-56,80H,26,28,31-36H2,1-24H3,(H,68,82)(H,69,81)(H,70,84)(H,71,83)/b27-25+/t44-,45+,46-,48+,49+,50+,51+,52+,54+,55+,56-,67+/m1/s1. The van der Waals surface area contributed by atoms with Crippen molar-refractivity contribution in [2.24, 2.45) is 41.4 Å². The second kappa shape index (κ2) is 36.8. The maximum Gasteiger partial charge on any atom is 0.276 e. The number of ether oxygens (including phenoxy) is 1. The van der Waals surface area contributed by atoms with Crippen molar-refractivity contribution in [3.8, 4) is 0 Å². The van der Waals surface area contributed by atoms with Crippen LogP contribution in [-0.2, 0) is 64.1 Å². The topological polar surface area (TPSA) is 288 Å². The number of hydrogen-bond donors (Lipinski definition) is 5. The van der Waals surface area contributed by atoms with Crippen molar-refractivity contribution in [1.82, 2.24) is 55.6 Å². The van der Waals surface area contributed by atoms with Gasteiger partial charge >= 0.3 is 0 Å². The number of nitrogens with one attached hydrogen (secondary N) is 4. The third kappa shape index (κ3) is 21.5. The minimum absolute atomic E-state index is 0.0138.